The average molecular weight is 419 g/mol. The van der Waals surface area contributed by atoms with Crippen LogP contribution in [0.5, 0.6) is 0 Å². The molecule has 2 aliphatic rings. The summed E-state index contributed by atoms with van der Waals surface area (Å²) in [4.78, 5) is 26.9. The maximum absolute atomic E-state index is 13.3. The first kappa shape index (κ1) is 19.2. The normalized spacial score (nSPS) is 21.1. The fraction of sp³-hybridized carbons (Fsp3) is 0.333. The van der Waals surface area contributed by atoms with Crippen molar-refractivity contribution in [2.45, 2.75) is 32.2 Å². The minimum absolute atomic E-state index is 0.131. The molecule has 1 aliphatic heterocycles. The Hall–Kier alpha value is -2.08. The number of fused-ring (bicyclic) bond motifs is 1. The number of carbonyl (C=O) groups is 2. The number of rotatable bonds is 3. The van der Waals surface area contributed by atoms with Crippen LogP contribution in [0.3, 0.4) is 0 Å². The van der Waals surface area contributed by atoms with Gasteiger partial charge in [-0.15, -0.1) is 0 Å². The summed E-state index contributed by atoms with van der Waals surface area (Å²) in [6, 6.07) is 10.7. The zero-order valence-electron chi connectivity index (χ0n) is 15.2. The van der Waals surface area contributed by atoms with Crippen molar-refractivity contribution in [3.05, 3.63) is 68.7 Å². The van der Waals surface area contributed by atoms with Crippen LogP contribution < -0.4 is 5.48 Å². The molecule has 0 radical (unpaired) electrons. The van der Waals surface area contributed by atoms with Gasteiger partial charge in [0.1, 0.15) is 0 Å². The number of hydroxylamine groups is 1. The van der Waals surface area contributed by atoms with Gasteiger partial charge < -0.3 is 4.90 Å². The van der Waals surface area contributed by atoms with Gasteiger partial charge in [-0.3, -0.25) is 14.8 Å². The Bertz CT molecular complexity index is 963. The molecule has 4 rings (SSSR count). The van der Waals surface area contributed by atoms with Crippen molar-refractivity contribution in [1.82, 2.24) is 10.4 Å². The van der Waals surface area contributed by atoms with Crippen LogP contribution in [0.2, 0.25) is 10.0 Å². The zero-order valence-corrected chi connectivity index (χ0v) is 16.7. The van der Waals surface area contributed by atoms with Gasteiger partial charge in [0.25, 0.3) is 5.91 Å². The first-order chi connectivity index (χ1) is 13.4. The lowest BCUT2D eigenvalue weighted by atomic mass is 9.70. The van der Waals surface area contributed by atoms with Crippen molar-refractivity contribution in [2.24, 2.45) is 5.41 Å². The van der Waals surface area contributed by atoms with E-state index in [2.05, 4.69) is 0 Å². The van der Waals surface area contributed by atoms with Gasteiger partial charge >= 0.3 is 0 Å². The maximum Gasteiger partial charge on any atom is 0.274 e. The molecular formula is C21H20Cl2N2O3. The molecule has 0 bridgehead atoms. The Labute approximate surface area is 173 Å². The van der Waals surface area contributed by atoms with Crippen LogP contribution in [0.1, 0.15) is 39.9 Å². The number of hydrogen-bond acceptors (Lipinski definition) is 3. The van der Waals surface area contributed by atoms with E-state index in [1.807, 2.05) is 11.0 Å². The number of aryl methyl sites for hydroxylation is 1. The van der Waals surface area contributed by atoms with E-state index in [9.17, 15) is 9.59 Å². The fourth-order valence-corrected chi connectivity index (χ4v) is 4.75. The molecule has 0 aromatic heterocycles. The van der Waals surface area contributed by atoms with Gasteiger partial charge in [-0.1, -0.05) is 29.3 Å². The Morgan fingerprint density at radius 1 is 1.14 bits per heavy atom. The number of benzene rings is 2. The molecule has 28 heavy (non-hydrogen) atoms. The summed E-state index contributed by atoms with van der Waals surface area (Å²) in [6.45, 7) is 1.12. The summed E-state index contributed by atoms with van der Waals surface area (Å²) in [5, 5.41) is 10.1. The zero-order chi connectivity index (χ0) is 19.9. The second kappa shape index (κ2) is 7.39. The van der Waals surface area contributed by atoms with Crippen LogP contribution in [0.25, 0.3) is 0 Å². The quantitative estimate of drug-likeness (QED) is 0.583. The van der Waals surface area contributed by atoms with Gasteiger partial charge in [-0.2, -0.15) is 0 Å². The Balaban J connectivity index is 1.56. The van der Waals surface area contributed by atoms with Gasteiger partial charge in [0.05, 0.1) is 5.41 Å². The summed E-state index contributed by atoms with van der Waals surface area (Å²) >= 11 is 12.3. The number of hydrogen-bond donors (Lipinski definition) is 2. The van der Waals surface area contributed by atoms with E-state index in [4.69, 9.17) is 28.4 Å². The third-order valence-electron chi connectivity index (χ3n) is 5.94. The lowest BCUT2D eigenvalue weighted by Crippen LogP contribution is -2.38. The summed E-state index contributed by atoms with van der Waals surface area (Å²) < 4.78 is 0. The van der Waals surface area contributed by atoms with E-state index < -0.39 is 11.3 Å². The maximum atomic E-state index is 13.3. The number of nitrogens with zero attached hydrogens (tertiary/aromatic N) is 1. The SMILES string of the molecule is O=C(NO)c1ccc2c(c1)CC1(CC2)CCN(Cc2cc(Cl)ccc2Cl)C1=O. The second-order valence-electron chi connectivity index (χ2n) is 7.59. The van der Waals surface area contributed by atoms with Crippen molar-refractivity contribution in [3.63, 3.8) is 0 Å². The van der Waals surface area contributed by atoms with Crippen LogP contribution in [-0.4, -0.2) is 28.5 Å². The molecule has 146 valence electrons. The minimum Gasteiger partial charge on any atom is -0.338 e. The van der Waals surface area contributed by atoms with Gasteiger partial charge in [0, 0.05) is 28.7 Å². The highest BCUT2D eigenvalue weighted by Crippen LogP contribution is 2.44. The summed E-state index contributed by atoms with van der Waals surface area (Å²) in [5.74, 6) is -0.413. The highest BCUT2D eigenvalue weighted by molar-refractivity contribution is 6.33. The number of amides is 2. The Morgan fingerprint density at radius 2 is 1.96 bits per heavy atom. The molecule has 2 aromatic carbocycles. The molecule has 2 N–H and O–H groups in total. The van der Waals surface area contributed by atoms with E-state index in [1.54, 1.807) is 35.8 Å². The molecule has 1 atom stereocenters. The van der Waals surface area contributed by atoms with Crippen LogP contribution >= 0.6 is 23.2 Å². The van der Waals surface area contributed by atoms with E-state index in [0.717, 1.165) is 36.0 Å². The van der Waals surface area contributed by atoms with Crippen molar-refractivity contribution < 1.29 is 14.8 Å². The Kier molecular flexibility index (Phi) is 5.08. The number of halogens is 2. The fourth-order valence-electron chi connectivity index (χ4n) is 4.38. The smallest absolute Gasteiger partial charge is 0.274 e. The molecule has 2 aromatic rings. The third-order valence-corrected chi connectivity index (χ3v) is 6.55. The van der Waals surface area contributed by atoms with E-state index in [0.29, 0.717) is 35.1 Å². The minimum atomic E-state index is -0.544. The molecule has 0 saturated carbocycles. The molecule has 2 amide bonds. The highest BCUT2D eigenvalue weighted by atomic mass is 35.5. The number of carbonyl (C=O) groups excluding carboxylic acids is 2. The molecule has 1 unspecified atom stereocenters. The van der Waals surface area contributed by atoms with Gasteiger partial charge in [-0.25, -0.2) is 5.48 Å². The van der Waals surface area contributed by atoms with Crippen molar-refractivity contribution in [3.8, 4) is 0 Å². The third kappa shape index (κ3) is 3.39. The molecule has 1 spiro atoms. The van der Waals surface area contributed by atoms with E-state index >= 15 is 0 Å². The summed E-state index contributed by atoms with van der Waals surface area (Å²) in [6.07, 6.45) is 2.98. The van der Waals surface area contributed by atoms with Crippen LogP contribution in [-0.2, 0) is 24.2 Å². The predicted octanol–water partition coefficient (Wildman–Crippen LogP) is 4.02. The number of likely N-dealkylation sites (tertiary alicyclic amines) is 1. The predicted molar refractivity (Wildman–Crippen MR) is 107 cm³/mol. The van der Waals surface area contributed by atoms with Gasteiger partial charge in [0.15, 0.2) is 0 Å². The molecule has 1 saturated heterocycles. The summed E-state index contributed by atoms with van der Waals surface area (Å²) in [7, 11) is 0. The molecule has 1 aliphatic carbocycles. The Morgan fingerprint density at radius 3 is 2.75 bits per heavy atom. The lowest BCUT2D eigenvalue weighted by Gasteiger charge is -2.33. The number of nitrogens with one attached hydrogen (secondary N) is 1. The topological polar surface area (TPSA) is 69.6 Å². The first-order valence-corrected chi connectivity index (χ1v) is 9.97. The average Bonchev–Trinajstić information content (AvgIpc) is 2.99. The monoisotopic (exact) mass is 418 g/mol. The van der Waals surface area contributed by atoms with Crippen molar-refractivity contribution in [2.75, 3.05) is 6.54 Å². The standard InChI is InChI=1S/C21H20Cl2N2O3/c22-17-3-4-18(23)16(10-17)12-25-8-7-21(20(25)27)6-5-13-1-2-14(19(26)24-28)9-15(13)11-21/h1-4,9-10,28H,5-8,11-12H2,(H,24,26). The summed E-state index contributed by atoms with van der Waals surface area (Å²) in [5.41, 5.74) is 4.63. The molecular weight excluding hydrogens is 399 g/mol. The highest BCUT2D eigenvalue weighted by Gasteiger charge is 2.48. The molecule has 5 nitrogen and oxygen atoms in total. The van der Waals surface area contributed by atoms with Crippen molar-refractivity contribution in [1.29, 1.82) is 0 Å². The van der Waals surface area contributed by atoms with Crippen LogP contribution in [0.4, 0.5) is 0 Å². The largest absolute Gasteiger partial charge is 0.338 e. The van der Waals surface area contributed by atoms with Gasteiger partial charge in [-0.05, 0) is 72.7 Å². The van der Waals surface area contributed by atoms with Crippen LogP contribution in [0, 0.1) is 5.41 Å². The molecule has 1 heterocycles. The second-order valence-corrected chi connectivity index (χ2v) is 8.44. The molecule has 7 heteroatoms. The van der Waals surface area contributed by atoms with Crippen molar-refractivity contribution >= 4 is 35.0 Å². The van der Waals surface area contributed by atoms with Gasteiger partial charge in [0.2, 0.25) is 5.91 Å². The van der Waals surface area contributed by atoms with E-state index in [-0.39, 0.29) is 5.91 Å². The lowest BCUT2D eigenvalue weighted by molar-refractivity contribution is -0.137. The van der Waals surface area contributed by atoms with Crippen LogP contribution in [0.15, 0.2) is 36.4 Å². The molecule has 1 fully saturated rings. The van der Waals surface area contributed by atoms with E-state index in [1.165, 1.54) is 0 Å². The first-order valence-electron chi connectivity index (χ1n) is 9.21.